The summed E-state index contributed by atoms with van der Waals surface area (Å²) in [7, 11) is 0. The van der Waals surface area contributed by atoms with Gasteiger partial charge >= 0.3 is 6.18 Å². The minimum Gasteiger partial charge on any atom is -0.438 e. The molecule has 3 heterocycles. The maximum absolute atomic E-state index is 14.2. The Kier molecular flexibility index (Phi) is 8.09. The first-order valence-corrected chi connectivity index (χ1v) is 12.7. The third-order valence-corrected chi connectivity index (χ3v) is 6.87. The zero-order valence-corrected chi connectivity index (χ0v) is 23.2. The van der Waals surface area contributed by atoms with E-state index in [2.05, 4.69) is 20.3 Å². The number of aromatic amines is 1. The number of halogens is 5. The van der Waals surface area contributed by atoms with Gasteiger partial charge in [0.1, 0.15) is 11.4 Å². The van der Waals surface area contributed by atoms with Gasteiger partial charge in [-0.05, 0) is 43.0 Å². The number of alkyl halides is 3. The fraction of sp³-hybridized carbons (Fsp3) is 0.310. The Morgan fingerprint density at radius 1 is 1.10 bits per heavy atom. The molecule has 0 saturated carbocycles. The molecule has 0 aliphatic rings. The Bertz CT molecular complexity index is 1750. The normalized spacial score (nSPS) is 12.8. The molecule has 13 heteroatoms. The van der Waals surface area contributed by atoms with Crippen molar-refractivity contribution < 1.29 is 36.6 Å². The maximum Gasteiger partial charge on any atom is 0.418 e. The lowest BCUT2D eigenvalue weighted by Crippen LogP contribution is -2.46. The van der Waals surface area contributed by atoms with E-state index >= 15 is 0 Å². The van der Waals surface area contributed by atoms with Crippen LogP contribution in [0.1, 0.15) is 48.0 Å². The lowest BCUT2D eigenvalue weighted by molar-refractivity contribution is -0.138. The molecule has 222 valence electrons. The van der Waals surface area contributed by atoms with Gasteiger partial charge < -0.3 is 20.1 Å². The molecule has 0 saturated heterocycles. The smallest absolute Gasteiger partial charge is 0.418 e. The predicted octanol–water partition coefficient (Wildman–Crippen LogP) is 5.83. The maximum atomic E-state index is 14.2. The van der Waals surface area contributed by atoms with Crippen molar-refractivity contribution in [2.75, 3.05) is 6.61 Å². The van der Waals surface area contributed by atoms with Crippen LogP contribution in [0.4, 0.5) is 22.0 Å². The van der Waals surface area contributed by atoms with Gasteiger partial charge in [-0.1, -0.05) is 20.8 Å². The number of aliphatic hydroxyl groups is 1. The molecular weight excluding hydrogens is 563 g/mol. The molecular formula is C29H27F5N4O4. The van der Waals surface area contributed by atoms with Crippen molar-refractivity contribution in [2.24, 2.45) is 5.41 Å². The van der Waals surface area contributed by atoms with Crippen LogP contribution in [-0.2, 0) is 6.18 Å². The molecule has 4 rings (SSSR count). The molecule has 1 aromatic carbocycles. The standard InChI is InChI=1S/C29H27F5N4O4/c1-13-15(29(32,33)34)11-36-27(42-20-7-6-16(30)24(31)14(20)2)22(13)18-10-19(40)23-17(37-18)8-9-35-25(23)26(41)38-21(12-39)28(3,4)5/h6-11,21,39H,12H2,1-5H3,(H,37,40)(H,38,41)/t21-/m1/s1. The number of hydrogen-bond donors (Lipinski definition) is 3. The van der Waals surface area contributed by atoms with E-state index in [0.717, 1.165) is 25.1 Å². The first-order chi connectivity index (χ1) is 19.5. The number of ether oxygens (including phenoxy) is 1. The number of fused-ring (bicyclic) bond motifs is 1. The molecule has 8 nitrogen and oxygen atoms in total. The van der Waals surface area contributed by atoms with Gasteiger partial charge in [-0.25, -0.2) is 13.8 Å². The average molecular weight is 591 g/mol. The van der Waals surface area contributed by atoms with Crippen LogP contribution in [0.2, 0.25) is 0 Å². The summed E-state index contributed by atoms with van der Waals surface area (Å²) in [6, 6.07) is 3.57. The van der Waals surface area contributed by atoms with Gasteiger partial charge in [-0.2, -0.15) is 13.2 Å². The number of carbonyl (C=O) groups is 1. The number of nitrogens with one attached hydrogen (secondary N) is 2. The number of carbonyl (C=O) groups excluding carboxylic acids is 1. The number of rotatable bonds is 6. The molecule has 0 aliphatic carbocycles. The highest BCUT2D eigenvalue weighted by atomic mass is 19.4. The van der Waals surface area contributed by atoms with Crippen LogP contribution in [0.25, 0.3) is 22.2 Å². The van der Waals surface area contributed by atoms with Crippen molar-refractivity contribution in [2.45, 2.75) is 46.8 Å². The molecule has 0 bridgehead atoms. The zero-order valence-electron chi connectivity index (χ0n) is 23.2. The quantitative estimate of drug-likeness (QED) is 0.244. The Hall–Kier alpha value is -4.39. The van der Waals surface area contributed by atoms with Crippen LogP contribution < -0.4 is 15.5 Å². The number of pyridine rings is 3. The van der Waals surface area contributed by atoms with Gasteiger partial charge in [-0.3, -0.25) is 14.6 Å². The highest BCUT2D eigenvalue weighted by Crippen LogP contribution is 2.41. The number of hydrogen-bond acceptors (Lipinski definition) is 6. The van der Waals surface area contributed by atoms with Crippen LogP contribution >= 0.6 is 0 Å². The summed E-state index contributed by atoms with van der Waals surface area (Å²) >= 11 is 0. The third-order valence-electron chi connectivity index (χ3n) is 6.87. The van der Waals surface area contributed by atoms with Crippen LogP contribution in [0.3, 0.4) is 0 Å². The largest absolute Gasteiger partial charge is 0.438 e. The Morgan fingerprint density at radius 3 is 2.40 bits per heavy atom. The molecule has 3 aromatic heterocycles. The lowest BCUT2D eigenvalue weighted by atomic mass is 9.87. The molecule has 1 atom stereocenters. The molecule has 3 N–H and O–H groups in total. The van der Waals surface area contributed by atoms with Crippen molar-refractivity contribution in [3.05, 3.63) is 80.9 Å². The number of nitrogens with zero attached hydrogens (tertiary/aromatic N) is 2. The minimum absolute atomic E-state index is 0.0701. The summed E-state index contributed by atoms with van der Waals surface area (Å²) in [5.41, 5.74) is -3.57. The fourth-order valence-electron chi connectivity index (χ4n) is 4.38. The second-order valence-electron chi connectivity index (χ2n) is 10.8. The highest BCUT2D eigenvalue weighted by Gasteiger charge is 2.35. The molecule has 42 heavy (non-hydrogen) atoms. The molecule has 0 unspecified atom stereocenters. The van der Waals surface area contributed by atoms with E-state index < -0.39 is 52.0 Å². The van der Waals surface area contributed by atoms with E-state index in [0.29, 0.717) is 6.20 Å². The summed E-state index contributed by atoms with van der Waals surface area (Å²) in [6.07, 6.45) is -3.03. The van der Waals surface area contributed by atoms with Crippen molar-refractivity contribution in [3.8, 4) is 22.9 Å². The zero-order chi connectivity index (χ0) is 31.1. The second kappa shape index (κ2) is 11.1. The summed E-state index contributed by atoms with van der Waals surface area (Å²) < 4.78 is 75.1. The number of aromatic nitrogens is 3. The molecule has 1 amide bonds. The number of amides is 1. The van der Waals surface area contributed by atoms with Crippen LogP contribution in [-0.4, -0.2) is 38.6 Å². The lowest BCUT2D eigenvalue weighted by Gasteiger charge is -2.29. The van der Waals surface area contributed by atoms with Gasteiger partial charge in [0.15, 0.2) is 17.1 Å². The Morgan fingerprint density at radius 2 is 1.79 bits per heavy atom. The molecule has 0 aliphatic heterocycles. The SMILES string of the molecule is Cc1c(Oc2ncc(C(F)(F)F)c(C)c2-c2cc(=O)c3c(C(=O)N[C@H](CO)C(C)(C)C)nccc3[nH]2)ccc(F)c1F. The number of H-pyrrole nitrogens is 1. The fourth-order valence-corrected chi connectivity index (χ4v) is 4.38. The summed E-state index contributed by atoms with van der Waals surface area (Å²) in [5, 5.41) is 12.2. The molecule has 0 spiro atoms. The van der Waals surface area contributed by atoms with Gasteiger partial charge in [0.05, 0.1) is 40.4 Å². The van der Waals surface area contributed by atoms with Crippen LogP contribution in [0.5, 0.6) is 11.6 Å². The molecule has 0 radical (unpaired) electrons. The predicted molar refractivity (Wildman–Crippen MR) is 144 cm³/mol. The Labute approximate surface area is 236 Å². The monoisotopic (exact) mass is 590 g/mol. The van der Waals surface area contributed by atoms with Gasteiger partial charge in [0, 0.05) is 24.0 Å². The second-order valence-corrected chi connectivity index (χ2v) is 10.8. The van der Waals surface area contributed by atoms with Crippen molar-refractivity contribution in [1.82, 2.24) is 20.3 Å². The summed E-state index contributed by atoms with van der Waals surface area (Å²) in [6.45, 7) is 7.41. The van der Waals surface area contributed by atoms with E-state index in [4.69, 9.17) is 4.74 Å². The molecule has 0 fully saturated rings. The van der Waals surface area contributed by atoms with E-state index in [1.54, 1.807) is 20.8 Å². The third kappa shape index (κ3) is 5.82. The highest BCUT2D eigenvalue weighted by molar-refractivity contribution is 6.04. The summed E-state index contributed by atoms with van der Waals surface area (Å²) in [5.74, 6) is -3.69. The van der Waals surface area contributed by atoms with Gasteiger partial charge in [0.25, 0.3) is 5.91 Å². The van der Waals surface area contributed by atoms with E-state index in [9.17, 15) is 36.6 Å². The first-order valence-electron chi connectivity index (χ1n) is 12.7. The van der Waals surface area contributed by atoms with Crippen molar-refractivity contribution in [1.29, 1.82) is 0 Å². The van der Waals surface area contributed by atoms with E-state index in [1.165, 1.54) is 19.2 Å². The topological polar surface area (TPSA) is 117 Å². The van der Waals surface area contributed by atoms with E-state index in [-0.39, 0.29) is 51.3 Å². The van der Waals surface area contributed by atoms with Crippen LogP contribution in [0, 0.1) is 30.9 Å². The first kappa shape index (κ1) is 30.6. The molecule has 4 aromatic rings. The Balaban J connectivity index is 1.90. The van der Waals surface area contributed by atoms with Crippen molar-refractivity contribution >= 4 is 16.8 Å². The van der Waals surface area contributed by atoms with Gasteiger partial charge in [0.2, 0.25) is 5.88 Å². The summed E-state index contributed by atoms with van der Waals surface area (Å²) in [4.78, 5) is 37.2. The van der Waals surface area contributed by atoms with E-state index in [1.807, 2.05) is 0 Å². The van der Waals surface area contributed by atoms with Gasteiger partial charge in [-0.15, -0.1) is 0 Å². The average Bonchev–Trinajstić information content (AvgIpc) is 2.90. The van der Waals surface area contributed by atoms with Crippen LogP contribution in [0.15, 0.2) is 41.5 Å². The number of benzene rings is 1. The number of aliphatic hydroxyl groups excluding tert-OH is 1. The minimum atomic E-state index is -4.81. The van der Waals surface area contributed by atoms with Crippen molar-refractivity contribution in [3.63, 3.8) is 0 Å².